The summed E-state index contributed by atoms with van der Waals surface area (Å²) >= 11 is 6.05. The molecule has 0 saturated carbocycles. The quantitative estimate of drug-likeness (QED) is 0.806. The van der Waals surface area contributed by atoms with Crippen LogP contribution in [0.4, 0.5) is 4.79 Å². The van der Waals surface area contributed by atoms with Crippen LogP contribution >= 0.6 is 11.6 Å². The first-order chi connectivity index (χ1) is 10.3. The fraction of sp³-hybridized carbons (Fsp3) is 0.600. The van der Waals surface area contributed by atoms with Gasteiger partial charge >= 0.3 is 6.09 Å². The Hall–Kier alpha value is -1.69. The highest BCUT2D eigenvalue weighted by atomic mass is 35.5. The van der Waals surface area contributed by atoms with E-state index < -0.39 is 5.60 Å². The third-order valence-electron chi connectivity index (χ3n) is 3.25. The standard InChI is InChI=1S/C15H22ClN3O3/c1-15(2,3)22-14(20)18-8-4-6-11(10-18)17-13-12(16)7-5-9-19(13)21/h5,7,9,11,21H,4,6,8,10H2,1-3H3. The summed E-state index contributed by atoms with van der Waals surface area (Å²) in [6.07, 6.45) is 2.82. The second kappa shape index (κ2) is 6.60. The van der Waals surface area contributed by atoms with Gasteiger partial charge in [-0.1, -0.05) is 11.6 Å². The number of piperidine rings is 1. The SMILES string of the molecule is CC(C)(C)OC(=O)N1CCCC(N=c2c(Cl)cccn2O)C1. The summed E-state index contributed by atoms with van der Waals surface area (Å²) < 4.78 is 6.29. The molecule has 1 fully saturated rings. The van der Waals surface area contributed by atoms with E-state index >= 15 is 0 Å². The lowest BCUT2D eigenvalue weighted by Gasteiger charge is -2.32. The molecule has 0 spiro atoms. The summed E-state index contributed by atoms with van der Waals surface area (Å²) in [6, 6.07) is 3.19. The first-order valence-electron chi connectivity index (χ1n) is 7.34. The molecule has 1 unspecified atom stereocenters. The van der Waals surface area contributed by atoms with Crippen molar-refractivity contribution < 1.29 is 14.7 Å². The number of carbonyl (C=O) groups excluding carboxylic acids is 1. The van der Waals surface area contributed by atoms with Crippen molar-refractivity contribution in [1.82, 2.24) is 9.63 Å². The van der Waals surface area contributed by atoms with Gasteiger partial charge in [0.2, 0.25) is 0 Å². The Morgan fingerprint density at radius 3 is 2.86 bits per heavy atom. The van der Waals surface area contributed by atoms with Gasteiger partial charge in [-0.05, 0) is 45.7 Å². The highest BCUT2D eigenvalue weighted by molar-refractivity contribution is 6.30. The van der Waals surface area contributed by atoms with E-state index in [1.165, 1.54) is 6.20 Å². The van der Waals surface area contributed by atoms with Crippen LogP contribution in [0.2, 0.25) is 5.02 Å². The second-order valence-electron chi connectivity index (χ2n) is 6.38. The Labute approximate surface area is 134 Å². The van der Waals surface area contributed by atoms with Gasteiger partial charge in [-0.25, -0.2) is 4.79 Å². The van der Waals surface area contributed by atoms with Crippen molar-refractivity contribution in [2.24, 2.45) is 4.99 Å². The molecule has 0 aliphatic carbocycles. The molecule has 1 aliphatic rings. The fourth-order valence-electron chi connectivity index (χ4n) is 2.31. The Morgan fingerprint density at radius 1 is 1.50 bits per heavy atom. The molecule has 1 atom stereocenters. The highest BCUT2D eigenvalue weighted by Crippen LogP contribution is 2.17. The lowest BCUT2D eigenvalue weighted by molar-refractivity contribution is 0.0199. The first kappa shape index (κ1) is 16.7. The van der Waals surface area contributed by atoms with Gasteiger partial charge < -0.3 is 14.8 Å². The predicted octanol–water partition coefficient (Wildman–Crippen LogP) is 2.68. The molecule has 1 aliphatic heterocycles. The number of likely N-dealkylation sites (tertiary alicyclic amines) is 1. The van der Waals surface area contributed by atoms with E-state index in [0.29, 0.717) is 23.6 Å². The number of hydrogen-bond donors (Lipinski definition) is 1. The molecule has 1 amide bonds. The smallest absolute Gasteiger partial charge is 0.410 e. The van der Waals surface area contributed by atoms with Crippen molar-refractivity contribution in [2.45, 2.75) is 45.3 Å². The summed E-state index contributed by atoms with van der Waals surface area (Å²) in [6.45, 7) is 6.64. The van der Waals surface area contributed by atoms with E-state index in [9.17, 15) is 10.0 Å². The number of hydrogen-bond acceptors (Lipinski definition) is 4. The zero-order valence-corrected chi connectivity index (χ0v) is 13.9. The maximum absolute atomic E-state index is 12.1. The van der Waals surface area contributed by atoms with Gasteiger partial charge in [0.25, 0.3) is 0 Å². The number of halogens is 1. The van der Waals surface area contributed by atoms with Crippen LogP contribution in [-0.2, 0) is 4.74 Å². The molecule has 0 bridgehead atoms. The fourth-order valence-corrected chi connectivity index (χ4v) is 2.52. The summed E-state index contributed by atoms with van der Waals surface area (Å²) in [5.74, 6) is 0. The number of carbonyl (C=O) groups is 1. The third kappa shape index (κ3) is 4.40. The van der Waals surface area contributed by atoms with Crippen LogP contribution in [0, 0.1) is 0 Å². The summed E-state index contributed by atoms with van der Waals surface area (Å²) in [7, 11) is 0. The maximum Gasteiger partial charge on any atom is 0.410 e. The van der Waals surface area contributed by atoms with Crippen LogP contribution < -0.4 is 5.49 Å². The van der Waals surface area contributed by atoms with Crippen LogP contribution in [0.25, 0.3) is 0 Å². The second-order valence-corrected chi connectivity index (χ2v) is 6.78. The van der Waals surface area contributed by atoms with Crippen LogP contribution in [0.5, 0.6) is 0 Å². The topological polar surface area (TPSA) is 67.1 Å². The van der Waals surface area contributed by atoms with Crippen molar-refractivity contribution in [3.8, 4) is 0 Å². The Kier molecular flexibility index (Phi) is 5.01. The average Bonchev–Trinajstić information content (AvgIpc) is 2.41. The van der Waals surface area contributed by atoms with E-state index in [1.54, 1.807) is 17.0 Å². The van der Waals surface area contributed by atoms with Gasteiger partial charge in [-0.15, -0.1) is 0 Å². The van der Waals surface area contributed by atoms with Crippen LogP contribution in [0.3, 0.4) is 0 Å². The van der Waals surface area contributed by atoms with Crippen molar-refractivity contribution in [3.63, 3.8) is 0 Å². The minimum Gasteiger partial charge on any atom is -0.444 e. The van der Waals surface area contributed by atoms with Crippen LogP contribution in [0.1, 0.15) is 33.6 Å². The van der Waals surface area contributed by atoms with Crippen molar-refractivity contribution in [3.05, 3.63) is 28.8 Å². The van der Waals surface area contributed by atoms with Gasteiger partial charge in [0, 0.05) is 19.3 Å². The zero-order chi connectivity index (χ0) is 16.3. The number of aromatic nitrogens is 1. The van der Waals surface area contributed by atoms with E-state index in [0.717, 1.165) is 17.6 Å². The van der Waals surface area contributed by atoms with E-state index in [-0.39, 0.29) is 12.1 Å². The van der Waals surface area contributed by atoms with Gasteiger partial charge in [0.15, 0.2) is 5.49 Å². The molecular formula is C15H22ClN3O3. The van der Waals surface area contributed by atoms with Gasteiger partial charge in [-0.2, -0.15) is 4.73 Å². The summed E-state index contributed by atoms with van der Waals surface area (Å²) in [5.41, 5.74) is -0.210. The van der Waals surface area contributed by atoms with E-state index in [2.05, 4.69) is 4.99 Å². The maximum atomic E-state index is 12.1. The number of ether oxygens (including phenoxy) is 1. The van der Waals surface area contributed by atoms with Crippen LogP contribution in [0.15, 0.2) is 23.3 Å². The molecule has 1 N–H and O–H groups in total. The number of pyridine rings is 1. The van der Waals surface area contributed by atoms with Gasteiger partial charge in [0.1, 0.15) is 5.60 Å². The average molecular weight is 328 g/mol. The largest absolute Gasteiger partial charge is 0.444 e. The lowest BCUT2D eigenvalue weighted by atomic mass is 10.1. The van der Waals surface area contributed by atoms with E-state index in [4.69, 9.17) is 16.3 Å². The number of amides is 1. The molecule has 2 heterocycles. The summed E-state index contributed by atoms with van der Waals surface area (Å²) in [4.78, 5) is 18.3. The normalized spacial score (nSPS) is 20.1. The molecule has 6 nitrogen and oxygen atoms in total. The van der Waals surface area contributed by atoms with Gasteiger partial charge in [0.05, 0.1) is 11.1 Å². The zero-order valence-electron chi connectivity index (χ0n) is 13.1. The molecule has 1 aromatic rings. The van der Waals surface area contributed by atoms with Crippen molar-refractivity contribution in [2.75, 3.05) is 13.1 Å². The van der Waals surface area contributed by atoms with Crippen LogP contribution in [-0.4, -0.2) is 45.7 Å². The minimum atomic E-state index is -0.516. The lowest BCUT2D eigenvalue weighted by Crippen LogP contribution is -2.44. The van der Waals surface area contributed by atoms with Crippen molar-refractivity contribution >= 4 is 17.7 Å². The Morgan fingerprint density at radius 2 is 2.23 bits per heavy atom. The number of rotatable bonds is 1. The molecule has 2 rings (SSSR count). The first-order valence-corrected chi connectivity index (χ1v) is 7.72. The molecule has 22 heavy (non-hydrogen) atoms. The molecule has 1 saturated heterocycles. The molecular weight excluding hydrogens is 306 g/mol. The summed E-state index contributed by atoms with van der Waals surface area (Å²) in [5, 5.41) is 10.2. The molecule has 7 heteroatoms. The minimum absolute atomic E-state index is 0.112. The predicted molar refractivity (Wildman–Crippen MR) is 83.0 cm³/mol. The van der Waals surface area contributed by atoms with Gasteiger partial charge in [-0.3, -0.25) is 4.99 Å². The van der Waals surface area contributed by atoms with Crippen molar-refractivity contribution in [1.29, 1.82) is 0 Å². The third-order valence-corrected chi connectivity index (χ3v) is 3.55. The molecule has 0 aromatic carbocycles. The Balaban J connectivity index is 2.13. The molecule has 122 valence electrons. The van der Waals surface area contributed by atoms with E-state index in [1.807, 2.05) is 20.8 Å². The monoisotopic (exact) mass is 327 g/mol. The highest BCUT2D eigenvalue weighted by Gasteiger charge is 2.27. The number of nitrogens with zero attached hydrogens (tertiary/aromatic N) is 3. The molecule has 0 radical (unpaired) electrons. The Bertz CT molecular complexity index is 584. The molecule has 1 aromatic heterocycles.